The number of nitrogens with one attached hydrogen (secondary N) is 1. The summed E-state index contributed by atoms with van der Waals surface area (Å²) in [6.45, 7) is 8.67. The van der Waals surface area contributed by atoms with Crippen molar-refractivity contribution in [2.75, 3.05) is 36.2 Å². The molecule has 3 N–H and O–H groups in total. The normalized spacial score (nSPS) is 24.6. The molecular formula is C48H57FN4O7Si. The van der Waals surface area contributed by atoms with Gasteiger partial charge in [0.05, 0.1) is 55.7 Å². The summed E-state index contributed by atoms with van der Waals surface area (Å²) in [5.41, 5.74) is 4.61. The molecule has 1 saturated heterocycles. The van der Waals surface area contributed by atoms with E-state index in [1.54, 1.807) is 27.8 Å². The number of carbonyl (C=O) groups excluding carboxylic acids is 3. The Morgan fingerprint density at radius 2 is 1.67 bits per heavy atom. The Balaban J connectivity index is 1.05. The Morgan fingerprint density at radius 3 is 2.39 bits per heavy atom. The lowest BCUT2D eigenvalue weighted by Crippen LogP contribution is -2.49. The first kappa shape index (κ1) is 42.8. The maximum atomic E-state index is 16.6. The van der Waals surface area contributed by atoms with Crippen LogP contribution in [0.5, 0.6) is 5.75 Å². The predicted molar refractivity (Wildman–Crippen MR) is 235 cm³/mol. The third-order valence-electron chi connectivity index (χ3n) is 13.2. The van der Waals surface area contributed by atoms with Gasteiger partial charge in [0, 0.05) is 35.9 Å². The van der Waals surface area contributed by atoms with Crippen molar-refractivity contribution in [2.24, 2.45) is 5.92 Å². The summed E-state index contributed by atoms with van der Waals surface area (Å²) in [5, 5.41) is 23.0. The van der Waals surface area contributed by atoms with Crippen LogP contribution in [-0.2, 0) is 50.7 Å². The quantitative estimate of drug-likeness (QED) is 0.0727. The maximum Gasteiger partial charge on any atom is 0.264 e. The molecule has 6 atom stereocenters. The molecule has 4 aliphatic rings. The van der Waals surface area contributed by atoms with Crippen molar-refractivity contribution >= 4 is 43.2 Å². The molecule has 3 amide bonds. The van der Waals surface area contributed by atoms with Gasteiger partial charge in [-0.05, 0) is 111 Å². The minimum absolute atomic E-state index is 0.0784. The summed E-state index contributed by atoms with van der Waals surface area (Å²) in [4.78, 5) is 48.5. The SMILES string of the molecule is CCOc1ccc2c(c1)CC(NCCCCO)C(=O)N2c1ccc(CN2C(=O)[C@@]3(O[C@@H](CC(=O)N4Cc5ccccc5C[C@H]4CO)[C@H]([Si](C)(C)F)[C@H]3C)c3ccccc32)cc1. The fourth-order valence-corrected chi connectivity index (χ4v) is 12.8. The predicted octanol–water partition coefficient (Wildman–Crippen LogP) is 6.69. The van der Waals surface area contributed by atoms with Crippen molar-refractivity contribution in [3.63, 3.8) is 0 Å². The van der Waals surface area contributed by atoms with Gasteiger partial charge in [0.15, 0.2) is 5.60 Å². The van der Waals surface area contributed by atoms with E-state index in [2.05, 4.69) is 5.32 Å². The van der Waals surface area contributed by atoms with Crippen LogP contribution in [0.25, 0.3) is 0 Å². The number of fused-ring (bicyclic) bond motifs is 4. The van der Waals surface area contributed by atoms with Gasteiger partial charge in [-0.25, -0.2) is 0 Å². The lowest BCUT2D eigenvalue weighted by Gasteiger charge is -2.37. The number of para-hydroxylation sites is 1. The average Bonchev–Trinajstić information content (AvgIpc) is 3.68. The monoisotopic (exact) mass is 848 g/mol. The summed E-state index contributed by atoms with van der Waals surface area (Å²) < 4.78 is 29.3. The highest BCUT2D eigenvalue weighted by Gasteiger charge is 2.67. The first-order chi connectivity index (χ1) is 29.4. The number of ether oxygens (including phenoxy) is 2. The molecule has 0 aromatic heterocycles. The van der Waals surface area contributed by atoms with Gasteiger partial charge in [0.1, 0.15) is 5.75 Å². The molecule has 4 aromatic rings. The first-order valence-corrected chi connectivity index (χ1v) is 24.6. The Labute approximate surface area is 358 Å². The second kappa shape index (κ2) is 17.4. The lowest BCUT2D eigenvalue weighted by atomic mass is 9.82. The first-order valence-electron chi connectivity index (χ1n) is 21.7. The number of hydrogen-bond acceptors (Lipinski definition) is 8. The van der Waals surface area contributed by atoms with Gasteiger partial charge in [-0.3, -0.25) is 19.3 Å². The number of aliphatic hydroxyl groups is 2. The zero-order chi connectivity index (χ0) is 43.1. The Kier molecular flexibility index (Phi) is 12.2. The van der Waals surface area contributed by atoms with E-state index in [0.717, 1.165) is 40.1 Å². The number of halogens is 1. The van der Waals surface area contributed by atoms with Crippen LogP contribution in [0.4, 0.5) is 21.2 Å². The molecule has 0 aliphatic carbocycles. The number of hydrogen-bond donors (Lipinski definition) is 3. The molecule has 1 fully saturated rings. The van der Waals surface area contributed by atoms with E-state index in [9.17, 15) is 19.8 Å². The third-order valence-corrected chi connectivity index (χ3v) is 15.6. The van der Waals surface area contributed by atoms with Gasteiger partial charge < -0.3 is 38.9 Å². The molecule has 0 radical (unpaired) electrons. The van der Waals surface area contributed by atoms with Gasteiger partial charge in [-0.1, -0.05) is 61.5 Å². The molecule has 4 aromatic carbocycles. The molecule has 8 rings (SSSR count). The standard InChI is InChI=1S/C48H57FN4O7Si/c1-5-59-38-20-21-41-35(25-38)26-40(50-22-10-11-23-54)46(57)53(41)36-18-16-32(17-19-36)28-52-42-15-9-8-14-39(42)48(47(52)58)31(2)45(61(3,4)49)43(60-48)27-44(56)51-29-34-13-7-6-12-33(34)24-37(51)30-55/h6-9,12-21,25,31,37,40,43,45,50,54-55H,5,10-11,22-24,26-30H2,1-4H3/t31-,37+,40?,43+,45-,48+/m1/s1. The highest BCUT2D eigenvalue weighted by Crippen LogP contribution is 2.60. The summed E-state index contributed by atoms with van der Waals surface area (Å²) in [5.74, 6) is -0.416. The molecule has 0 saturated carbocycles. The molecular weight excluding hydrogens is 792 g/mol. The Bertz CT molecular complexity index is 2270. The number of rotatable bonds is 14. The van der Waals surface area contributed by atoms with Crippen LogP contribution in [0, 0.1) is 5.92 Å². The molecule has 61 heavy (non-hydrogen) atoms. The Hall–Kier alpha value is -4.92. The fourth-order valence-electron chi connectivity index (χ4n) is 10.3. The number of unbranched alkanes of at least 4 members (excludes halogenated alkanes) is 1. The van der Waals surface area contributed by atoms with E-state index in [-0.39, 0.29) is 43.9 Å². The fraction of sp³-hybridized carbons (Fsp3) is 0.438. The molecule has 0 bridgehead atoms. The number of nitrogens with zero attached hydrogens (tertiary/aromatic N) is 3. The van der Waals surface area contributed by atoms with Crippen LogP contribution in [-0.4, -0.2) is 85.8 Å². The van der Waals surface area contributed by atoms with Crippen LogP contribution in [0.3, 0.4) is 0 Å². The van der Waals surface area contributed by atoms with Crippen molar-refractivity contribution < 1.29 is 38.2 Å². The van der Waals surface area contributed by atoms with Crippen LogP contribution in [0.2, 0.25) is 18.6 Å². The number of benzene rings is 4. The van der Waals surface area contributed by atoms with E-state index in [0.29, 0.717) is 55.9 Å². The smallest absolute Gasteiger partial charge is 0.264 e. The van der Waals surface area contributed by atoms with Crippen LogP contribution >= 0.6 is 0 Å². The molecule has 1 spiro atoms. The minimum atomic E-state index is -3.54. The number of anilines is 3. The molecule has 4 aliphatic heterocycles. The second-order valence-electron chi connectivity index (χ2n) is 17.4. The van der Waals surface area contributed by atoms with Gasteiger partial charge in [0.2, 0.25) is 20.2 Å². The van der Waals surface area contributed by atoms with Crippen molar-refractivity contribution in [3.8, 4) is 5.75 Å². The summed E-state index contributed by atoms with van der Waals surface area (Å²) in [7, 11) is -3.54. The van der Waals surface area contributed by atoms with E-state index >= 15 is 8.90 Å². The van der Waals surface area contributed by atoms with E-state index < -0.39 is 43.7 Å². The molecule has 4 heterocycles. The topological polar surface area (TPSA) is 132 Å². The van der Waals surface area contributed by atoms with E-state index in [4.69, 9.17) is 9.47 Å². The second-order valence-corrected chi connectivity index (χ2v) is 21.2. The highest BCUT2D eigenvalue weighted by atomic mass is 28.4. The summed E-state index contributed by atoms with van der Waals surface area (Å²) >= 11 is 0. The van der Waals surface area contributed by atoms with Gasteiger partial charge in [-0.15, -0.1) is 0 Å². The zero-order valence-electron chi connectivity index (χ0n) is 35.5. The zero-order valence-corrected chi connectivity index (χ0v) is 36.5. The third kappa shape index (κ3) is 7.91. The highest BCUT2D eigenvalue weighted by molar-refractivity contribution is 6.72. The lowest BCUT2D eigenvalue weighted by molar-refractivity contribution is -0.151. The Morgan fingerprint density at radius 1 is 0.934 bits per heavy atom. The van der Waals surface area contributed by atoms with Crippen LogP contribution < -0.4 is 19.9 Å². The van der Waals surface area contributed by atoms with Crippen LogP contribution in [0.15, 0.2) is 91.0 Å². The summed E-state index contributed by atoms with van der Waals surface area (Å²) in [6, 6.07) is 28.0. The molecule has 13 heteroatoms. The van der Waals surface area contributed by atoms with Crippen molar-refractivity contribution in [2.45, 2.75) is 101 Å². The van der Waals surface area contributed by atoms with Crippen molar-refractivity contribution in [1.82, 2.24) is 10.2 Å². The number of amides is 3. The van der Waals surface area contributed by atoms with Gasteiger partial charge >= 0.3 is 0 Å². The van der Waals surface area contributed by atoms with E-state index in [1.165, 1.54) is 0 Å². The van der Waals surface area contributed by atoms with Gasteiger partial charge in [0.25, 0.3) is 5.91 Å². The van der Waals surface area contributed by atoms with E-state index in [1.807, 2.05) is 105 Å². The van der Waals surface area contributed by atoms with Gasteiger partial charge in [-0.2, -0.15) is 0 Å². The van der Waals surface area contributed by atoms with Crippen molar-refractivity contribution in [1.29, 1.82) is 0 Å². The number of carbonyl (C=O) groups is 3. The molecule has 1 unspecified atom stereocenters. The summed E-state index contributed by atoms with van der Waals surface area (Å²) in [6.07, 6.45) is 1.49. The maximum absolute atomic E-state index is 16.6. The average molecular weight is 849 g/mol. The van der Waals surface area contributed by atoms with Crippen LogP contribution in [0.1, 0.15) is 60.9 Å². The minimum Gasteiger partial charge on any atom is -0.494 e. The van der Waals surface area contributed by atoms with Crippen molar-refractivity contribution in [3.05, 3.63) is 119 Å². The molecule has 11 nitrogen and oxygen atoms in total. The number of aliphatic hydroxyl groups excluding tert-OH is 2. The largest absolute Gasteiger partial charge is 0.494 e. The molecule has 322 valence electrons.